The molecule has 2 atom stereocenters. The van der Waals surface area contributed by atoms with E-state index in [0.29, 0.717) is 6.10 Å². The van der Waals surface area contributed by atoms with Crippen LogP contribution < -0.4 is 0 Å². The van der Waals surface area contributed by atoms with Crippen LogP contribution in [0.2, 0.25) is 0 Å². The Kier molecular flexibility index (Phi) is 1.68. The monoisotopic (exact) mass is 178 g/mol. The van der Waals surface area contributed by atoms with Gasteiger partial charge in [-0.15, -0.1) is 0 Å². The van der Waals surface area contributed by atoms with Gasteiger partial charge in [0.2, 0.25) is 0 Å². The number of ether oxygens (including phenoxy) is 1. The Morgan fingerprint density at radius 3 is 2.46 bits per heavy atom. The van der Waals surface area contributed by atoms with Gasteiger partial charge in [0, 0.05) is 0 Å². The Labute approximate surface area is 80.2 Å². The maximum absolute atomic E-state index is 5.88. The van der Waals surface area contributed by atoms with Crippen molar-refractivity contribution in [3.05, 3.63) is 11.8 Å². The van der Waals surface area contributed by atoms with Crippen LogP contribution in [0.25, 0.3) is 0 Å². The van der Waals surface area contributed by atoms with Gasteiger partial charge in [0.1, 0.15) is 6.10 Å². The van der Waals surface area contributed by atoms with E-state index < -0.39 is 0 Å². The minimum absolute atomic E-state index is 0.579. The quantitative estimate of drug-likeness (QED) is 0.631. The fraction of sp³-hybridized carbons (Fsp3) is 0.833. The van der Waals surface area contributed by atoms with Crippen molar-refractivity contribution in [2.75, 3.05) is 0 Å². The number of hydrogen-bond acceptors (Lipinski definition) is 1. The fourth-order valence-corrected chi connectivity index (χ4v) is 2.57. The first-order chi connectivity index (χ1) is 6.33. The second-order valence-electron chi connectivity index (χ2n) is 5.01. The highest BCUT2D eigenvalue weighted by Crippen LogP contribution is 2.46. The van der Waals surface area contributed by atoms with Crippen LogP contribution in [0.15, 0.2) is 11.8 Å². The predicted octanol–water partition coefficient (Wildman–Crippen LogP) is 3.12. The highest BCUT2D eigenvalue weighted by atomic mass is 16.5. The molecule has 3 aliphatic rings. The zero-order chi connectivity index (χ0) is 8.84. The van der Waals surface area contributed by atoms with E-state index in [4.69, 9.17) is 4.74 Å². The molecule has 0 aromatic heterocycles. The van der Waals surface area contributed by atoms with E-state index in [1.165, 1.54) is 37.9 Å². The SMILES string of the molecule is CC1=CC(C2CC2)CC(C2CC2)O1. The molecule has 2 aliphatic carbocycles. The van der Waals surface area contributed by atoms with Gasteiger partial charge in [0.05, 0.1) is 5.76 Å². The van der Waals surface area contributed by atoms with Crippen molar-refractivity contribution in [1.29, 1.82) is 0 Å². The van der Waals surface area contributed by atoms with E-state index in [1.54, 1.807) is 0 Å². The molecular formula is C12H18O. The van der Waals surface area contributed by atoms with Crippen LogP contribution in [0, 0.1) is 17.8 Å². The van der Waals surface area contributed by atoms with Crippen LogP contribution in [0.4, 0.5) is 0 Å². The highest BCUT2D eigenvalue weighted by Gasteiger charge is 2.40. The molecule has 0 amide bonds. The largest absolute Gasteiger partial charge is 0.495 e. The lowest BCUT2D eigenvalue weighted by molar-refractivity contribution is 0.0595. The second kappa shape index (κ2) is 2.76. The summed E-state index contributed by atoms with van der Waals surface area (Å²) in [5.41, 5.74) is 0. The molecule has 0 aromatic carbocycles. The minimum Gasteiger partial charge on any atom is -0.495 e. The molecule has 0 bridgehead atoms. The lowest BCUT2D eigenvalue weighted by Gasteiger charge is -2.28. The summed E-state index contributed by atoms with van der Waals surface area (Å²) in [6.45, 7) is 2.13. The first-order valence-electron chi connectivity index (χ1n) is 5.68. The van der Waals surface area contributed by atoms with Gasteiger partial charge in [0.15, 0.2) is 0 Å². The van der Waals surface area contributed by atoms with Crippen molar-refractivity contribution in [3.8, 4) is 0 Å². The number of allylic oxidation sites excluding steroid dienone is 2. The van der Waals surface area contributed by atoms with Crippen molar-refractivity contribution in [2.45, 2.75) is 45.1 Å². The van der Waals surface area contributed by atoms with E-state index in [9.17, 15) is 0 Å². The summed E-state index contributed by atoms with van der Waals surface area (Å²) in [6.07, 6.45) is 10.0. The van der Waals surface area contributed by atoms with Crippen LogP contribution in [0.3, 0.4) is 0 Å². The Morgan fingerprint density at radius 2 is 1.85 bits per heavy atom. The summed E-state index contributed by atoms with van der Waals surface area (Å²) in [7, 11) is 0. The Bertz CT molecular complexity index is 236. The maximum atomic E-state index is 5.88. The first kappa shape index (κ1) is 7.90. The fourth-order valence-electron chi connectivity index (χ4n) is 2.57. The molecule has 13 heavy (non-hydrogen) atoms. The van der Waals surface area contributed by atoms with Gasteiger partial charge < -0.3 is 4.74 Å². The van der Waals surface area contributed by atoms with Gasteiger partial charge in [-0.25, -0.2) is 0 Å². The van der Waals surface area contributed by atoms with E-state index in [-0.39, 0.29) is 0 Å². The average Bonchev–Trinajstić information content (AvgIpc) is 2.98. The third kappa shape index (κ3) is 1.61. The number of rotatable bonds is 2. The first-order valence-corrected chi connectivity index (χ1v) is 5.68. The van der Waals surface area contributed by atoms with Gasteiger partial charge in [-0.2, -0.15) is 0 Å². The van der Waals surface area contributed by atoms with Gasteiger partial charge in [-0.3, -0.25) is 0 Å². The molecule has 72 valence electrons. The maximum Gasteiger partial charge on any atom is 0.102 e. The molecule has 1 nitrogen and oxygen atoms in total. The minimum atomic E-state index is 0.579. The van der Waals surface area contributed by atoms with E-state index >= 15 is 0 Å². The highest BCUT2D eigenvalue weighted by molar-refractivity contribution is 5.06. The topological polar surface area (TPSA) is 9.23 Å². The van der Waals surface area contributed by atoms with Crippen LogP contribution in [0.5, 0.6) is 0 Å². The molecular weight excluding hydrogens is 160 g/mol. The molecule has 0 N–H and O–H groups in total. The third-order valence-corrected chi connectivity index (χ3v) is 3.67. The normalized spacial score (nSPS) is 39.6. The van der Waals surface area contributed by atoms with Gasteiger partial charge >= 0.3 is 0 Å². The van der Waals surface area contributed by atoms with Crippen molar-refractivity contribution in [2.24, 2.45) is 17.8 Å². The smallest absolute Gasteiger partial charge is 0.102 e. The third-order valence-electron chi connectivity index (χ3n) is 3.67. The van der Waals surface area contributed by atoms with Crippen molar-refractivity contribution >= 4 is 0 Å². The Balaban J connectivity index is 1.71. The second-order valence-corrected chi connectivity index (χ2v) is 5.01. The molecule has 0 aromatic rings. The molecule has 1 aliphatic heterocycles. The summed E-state index contributed by atoms with van der Waals surface area (Å²) in [5, 5.41) is 0. The Hall–Kier alpha value is -0.460. The molecule has 1 heterocycles. The summed E-state index contributed by atoms with van der Waals surface area (Å²) < 4.78 is 5.88. The molecule has 1 heteroatoms. The zero-order valence-electron chi connectivity index (χ0n) is 8.33. The average molecular weight is 178 g/mol. The van der Waals surface area contributed by atoms with E-state index in [2.05, 4.69) is 13.0 Å². The summed E-state index contributed by atoms with van der Waals surface area (Å²) >= 11 is 0. The molecule has 3 rings (SSSR count). The molecule has 0 saturated heterocycles. The number of hydrogen-bond donors (Lipinski definition) is 0. The summed E-state index contributed by atoms with van der Waals surface area (Å²) in [4.78, 5) is 0. The Morgan fingerprint density at radius 1 is 1.15 bits per heavy atom. The molecule has 2 saturated carbocycles. The lowest BCUT2D eigenvalue weighted by Crippen LogP contribution is -2.24. The van der Waals surface area contributed by atoms with E-state index in [0.717, 1.165) is 17.8 Å². The van der Waals surface area contributed by atoms with Crippen molar-refractivity contribution in [3.63, 3.8) is 0 Å². The van der Waals surface area contributed by atoms with Crippen molar-refractivity contribution in [1.82, 2.24) is 0 Å². The zero-order valence-corrected chi connectivity index (χ0v) is 8.33. The van der Waals surface area contributed by atoms with Gasteiger partial charge in [-0.05, 0) is 62.9 Å². The van der Waals surface area contributed by atoms with Crippen LogP contribution in [0.1, 0.15) is 39.0 Å². The lowest BCUT2D eigenvalue weighted by atomic mass is 9.91. The van der Waals surface area contributed by atoms with Gasteiger partial charge in [0.25, 0.3) is 0 Å². The molecule has 2 fully saturated rings. The predicted molar refractivity (Wildman–Crippen MR) is 52.2 cm³/mol. The molecule has 0 radical (unpaired) electrons. The van der Waals surface area contributed by atoms with Crippen LogP contribution in [-0.2, 0) is 4.74 Å². The van der Waals surface area contributed by atoms with Crippen LogP contribution >= 0.6 is 0 Å². The van der Waals surface area contributed by atoms with Crippen molar-refractivity contribution < 1.29 is 4.74 Å². The van der Waals surface area contributed by atoms with Gasteiger partial charge in [-0.1, -0.05) is 0 Å². The summed E-state index contributed by atoms with van der Waals surface area (Å²) in [6, 6.07) is 0. The summed E-state index contributed by atoms with van der Waals surface area (Å²) in [5.74, 6) is 3.98. The molecule has 2 unspecified atom stereocenters. The van der Waals surface area contributed by atoms with Crippen LogP contribution in [-0.4, -0.2) is 6.10 Å². The molecule has 0 spiro atoms. The standard InChI is InChI=1S/C12H18O/c1-8-6-11(9-2-3-9)7-12(13-8)10-4-5-10/h6,9-12H,2-5,7H2,1H3. The van der Waals surface area contributed by atoms with E-state index in [1.807, 2.05) is 0 Å².